The summed E-state index contributed by atoms with van der Waals surface area (Å²) in [6.07, 6.45) is 6.85. The molecule has 2 aromatic carbocycles. The van der Waals surface area contributed by atoms with Crippen LogP contribution >= 0.6 is 0 Å². The van der Waals surface area contributed by atoms with Gasteiger partial charge in [-0.25, -0.2) is 19.2 Å². The topological polar surface area (TPSA) is 165 Å². The summed E-state index contributed by atoms with van der Waals surface area (Å²) in [6.45, 7) is 8.76. The van der Waals surface area contributed by atoms with E-state index in [4.69, 9.17) is 16.3 Å². The maximum atomic E-state index is 13.5. The number of carbonyl (C=O) groups is 1. The zero-order chi connectivity index (χ0) is 31.5. The van der Waals surface area contributed by atoms with Crippen LogP contribution in [-0.4, -0.2) is 39.2 Å². The van der Waals surface area contributed by atoms with Crippen molar-refractivity contribution in [2.45, 2.75) is 46.0 Å². The van der Waals surface area contributed by atoms with Crippen molar-refractivity contribution in [3.63, 3.8) is 0 Å². The summed E-state index contributed by atoms with van der Waals surface area (Å²) >= 11 is 0. The first-order chi connectivity index (χ1) is 20.1. The lowest BCUT2D eigenvalue weighted by molar-refractivity contribution is 0.102. The van der Waals surface area contributed by atoms with Crippen molar-refractivity contribution in [3.8, 4) is 5.75 Å². The molecule has 0 atom stereocenters. The molecule has 1 aliphatic rings. The Labute approximate surface area is 253 Å². The highest BCUT2D eigenvalue weighted by molar-refractivity contribution is 7.92. The number of carbonyl (C=O) groups excluding carboxylic acids is 1. The molecule has 1 aliphatic carbocycles. The van der Waals surface area contributed by atoms with Gasteiger partial charge in [-0.15, -0.1) is 0 Å². The van der Waals surface area contributed by atoms with E-state index in [2.05, 4.69) is 20.3 Å². The molecule has 230 valence electrons. The molecule has 11 nitrogen and oxygen atoms in total. The fourth-order valence-corrected chi connectivity index (χ4v) is 4.96. The molecule has 1 aromatic heterocycles. The summed E-state index contributed by atoms with van der Waals surface area (Å²) in [7, 11) is -2.20. The number of anilines is 4. The minimum Gasteiger partial charge on any atom is -0.492 e. The number of sulfonamides is 1. The molecule has 43 heavy (non-hydrogen) atoms. The third-order valence-electron chi connectivity index (χ3n) is 7.10. The second kappa shape index (κ2) is 12.5. The number of pyridine rings is 1. The molecular formula is C31H41N7O4S. The van der Waals surface area contributed by atoms with Gasteiger partial charge in [-0.2, -0.15) is 0 Å². The largest absolute Gasteiger partial charge is 0.492 e. The van der Waals surface area contributed by atoms with Crippen molar-refractivity contribution >= 4 is 44.5 Å². The second-order valence-electron chi connectivity index (χ2n) is 11.9. The Morgan fingerprint density at radius 3 is 2.37 bits per heavy atom. The van der Waals surface area contributed by atoms with Gasteiger partial charge in [-0.1, -0.05) is 26.8 Å². The maximum absolute atomic E-state index is 13.5. The van der Waals surface area contributed by atoms with E-state index in [1.165, 1.54) is 25.0 Å². The number of nitrogens with zero attached hydrogens (tertiary/aromatic N) is 2. The van der Waals surface area contributed by atoms with E-state index in [0.29, 0.717) is 28.2 Å². The lowest BCUT2D eigenvalue weighted by atomic mass is 9.86. The molecule has 1 amide bonds. The third-order valence-corrected chi connectivity index (χ3v) is 7.69. The lowest BCUT2D eigenvalue weighted by Gasteiger charge is -2.24. The number of nitrogens with one attached hydrogen (secondary N) is 3. The summed E-state index contributed by atoms with van der Waals surface area (Å²) in [4.78, 5) is 17.9. The highest BCUT2D eigenvalue weighted by atomic mass is 32.2. The molecule has 1 fully saturated rings. The Kier molecular flexibility index (Phi) is 9.21. The van der Waals surface area contributed by atoms with Gasteiger partial charge in [-0.3, -0.25) is 14.5 Å². The fraction of sp³-hybridized carbons (Fsp3) is 0.355. The van der Waals surface area contributed by atoms with Gasteiger partial charge in [0, 0.05) is 30.1 Å². The van der Waals surface area contributed by atoms with E-state index in [0.717, 1.165) is 35.7 Å². The van der Waals surface area contributed by atoms with Crippen LogP contribution in [0.3, 0.4) is 0 Å². The van der Waals surface area contributed by atoms with Crippen molar-refractivity contribution in [2.75, 3.05) is 40.3 Å². The van der Waals surface area contributed by atoms with Gasteiger partial charge in [0.2, 0.25) is 10.0 Å². The highest BCUT2D eigenvalue weighted by Crippen LogP contribution is 2.39. The number of aryl methyl sites for hydroxylation is 1. The van der Waals surface area contributed by atoms with Gasteiger partial charge < -0.3 is 21.1 Å². The van der Waals surface area contributed by atoms with E-state index in [9.17, 15) is 13.2 Å². The quantitative estimate of drug-likeness (QED) is 0.152. The SMILES string of the molecule is COc1c(NC(=O)c2ccc(C)c(N(N)/C=C(\N)c3ccc(NCC4CC4)nc3)c2)cc(C(C)(C)C)cc1NS(C)(=O)=O. The smallest absolute Gasteiger partial charge is 0.255 e. The molecule has 0 saturated heterocycles. The maximum Gasteiger partial charge on any atom is 0.255 e. The number of amides is 1. The summed E-state index contributed by atoms with van der Waals surface area (Å²) < 4.78 is 32.1. The first-order valence-corrected chi connectivity index (χ1v) is 15.9. The lowest BCUT2D eigenvalue weighted by Crippen LogP contribution is -2.27. The molecule has 7 N–H and O–H groups in total. The molecule has 0 aliphatic heterocycles. The van der Waals surface area contributed by atoms with Gasteiger partial charge >= 0.3 is 0 Å². The molecule has 0 bridgehead atoms. The molecule has 0 spiro atoms. The number of hydrogen-bond acceptors (Lipinski definition) is 9. The monoisotopic (exact) mass is 607 g/mol. The van der Waals surface area contributed by atoms with Crippen LogP contribution in [-0.2, 0) is 15.4 Å². The molecule has 1 saturated carbocycles. The van der Waals surface area contributed by atoms with Crippen LogP contribution in [0.5, 0.6) is 5.75 Å². The summed E-state index contributed by atoms with van der Waals surface area (Å²) in [5, 5.41) is 7.58. The van der Waals surface area contributed by atoms with Gasteiger partial charge in [0.15, 0.2) is 5.75 Å². The van der Waals surface area contributed by atoms with Gasteiger partial charge in [0.1, 0.15) is 5.82 Å². The van der Waals surface area contributed by atoms with E-state index < -0.39 is 15.9 Å². The zero-order valence-electron chi connectivity index (χ0n) is 25.5. The van der Waals surface area contributed by atoms with Crippen LogP contribution < -0.4 is 36.7 Å². The predicted octanol–water partition coefficient (Wildman–Crippen LogP) is 4.78. The summed E-state index contributed by atoms with van der Waals surface area (Å²) in [6, 6.07) is 12.4. The molecule has 1 heterocycles. The summed E-state index contributed by atoms with van der Waals surface area (Å²) in [5.74, 6) is 7.69. The van der Waals surface area contributed by atoms with Crippen molar-refractivity contribution in [3.05, 3.63) is 77.1 Å². The Hall–Kier alpha value is -4.29. The summed E-state index contributed by atoms with van der Waals surface area (Å²) in [5.41, 5.74) is 10.2. The normalized spacial score (nSPS) is 13.8. The van der Waals surface area contributed by atoms with Gasteiger partial charge in [0.05, 0.1) is 36.1 Å². The van der Waals surface area contributed by atoms with Crippen molar-refractivity contribution in [2.24, 2.45) is 17.5 Å². The molecule has 0 unspecified atom stereocenters. The molecule has 4 rings (SSSR count). The average molecular weight is 608 g/mol. The molecule has 3 aromatic rings. The number of hydrogen-bond donors (Lipinski definition) is 5. The first-order valence-electron chi connectivity index (χ1n) is 14.0. The number of benzene rings is 2. The Morgan fingerprint density at radius 2 is 1.79 bits per heavy atom. The second-order valence-corrected chi connectivity index (χ2v) is 13.7. The first kappa shape index (κ1) is 31.6. The van der Waals surface area contributed by atoms with Crippen molar-refractivity contribution < 1.29 is 17.9 Å². The Bertz CT molecular complexity index is 1630. The average Bonchev–Trinajstić information content (AvgIpc) is 3.75. The highest BCUT2D eigenvalue weighted by Gasteiger charge is 2.23. The van der Waals surface area contributed by atoms with E-state index >= 15 is 0 Å². The number of ether oxygens (including phenoxy) is 1. The number of methoxy groups -OCH3 is 1. The minimum atomic E-state index is -3.61. The number of aromatic nitrogens is 1. The number of hydrazine groups is 1. The van der Waals surface area contributed by atoms with Crippen molar-refractivity contribution in [1.29, 1.82) is 0 Å². The zero-order valence-corrected chi connectivity index (χ0v) is 26.3. The third kappa shape index (κ3) is 8.39. The van der Waals surface area contributed by atoms with Gasteiger partial charge in [-0.05, 0) is 78.6 Å². The predicted molar refractivity (Wildman–Crippen MR) is 174 cm³/mol. The van der Waals surface area contributed by atoms with Crippen LogP contribution in [0.4, 0.5) is 22.9 Å². The van der Waals surface area contributed by atoms with Crippen molar-refractivity contribution in [1.82, 2.24) is 4.98 Å². The fourth-order valence-electron chi connectivity index (χ4n) is 4.41. The van der Waals surface area contributed by atoms with Crippen LogP contribution in [0.1, 0.15) is 60.7 Å². The van der Waals surface area contributed by atoms with Crippen LogP contribution in [0.2, 0.25) is 0 Å². The van der Waals surface area contributed by atoms with E-state index in [1.807, 2.05) is 39.8 Å². The molecule has 12 heteroatoms. The number of nitrogens with two attached hydrogens (primary N) is 2. The molecule has 0 radical (unpaired) electrons. The van der Waals surface area contributed by atoms with Crippen LogP contribution in [0.15, 0.2) is 54.9 Å². The standard InChI is InChI=1S/C31H41N7O4S/c1-19-7-10-21(13-27(19)38(33)18-24(32)22-11-12-28(35-17-22)34-16-20-8-9-20)30(39)36-25-14-23(31(2,3)4)15-26(29(25)42-5)37-43(6,40)41/h7,10-15,17-18,20,37H,8-9,16,32-33H2,1-6H3,(H,34,35)(H,36,39)/b24-18-. The Balaban J connectivity index is 1.58. The van der Waals surface area contributed by atoms with E-state index in [1.54, 1.807) is 42.7 Å². The van der Waals surface area contributed by atoms with Crippen LogP contribution in [0.25, 0.3) is 5.70 Å². The van der Waals surface area contributed by atoms with E-state index in [-0.39, 0.29) is 16.9 Å². The Morgan fingerprint density at radius 1 is 1.12 bits per heavy atom. The number of rotatable bonds is 11. The van der Waals surface area contributed by atoms with Gasteiger partial charge in [0.25, 0.3) is 5.91 Å². The minimum absolute atomic E-state index is 0.192. The van der Waals surface area contributed by atoms with Crippen LogP contribution in [0, 0.1) is 12.8 Å². The molecular weight excluding hydrogens is 566 g/mol.